The summed E-state index contributed by atoms with van der Waals surface area (Å²) < 4.78 is 10.7. The maximum Gasteiger partial charge on any atom is 0.243 e. The molecule has 0 aliphatic carbocycles. The molecule has 3 rings (SSSR count). The lowest BCUT2D eigenvalue weighted by molar-refractivity contribution is -0.124. The number of carbonyl (C=O) groups is 1. The molecule has 2 aromatic rings. The first kappa shape index (κ1) is 15.6. The molecule has 124 valence electrons. The van der Waals surface area contributed by atoms with Crippen LogP contribution >= 0.6 is 0 Å². The summed E-state index contributed by atoms with van der Waals surface area (Å²) >= 11 is 0. The lowest BCUT2D eigenvalue weighted by atomic mass is 10.2. The van der Waals surface area contributed by atoms with Crippen LogP contribution in [0.4, 0.5) is 5.88 Å². The third-order valence-electron chi connectivity index (χ3n) is 3.80. The molecule has 1 aliphatic rings. The van der Waals surface area contributed by atoms with Crippen molar-refractivity contribution in [1.82, 2.24) is 25.2 Å². The molecule has 0 aromatic carbocycles. The molecule has 23 heavy (non-hydrogen) atoms. The molecule has 1 fully saturated rings. The number of rotatable bonds is 4. The van der Waals surface area contributed by atoms with Gasteiger partial charge in [-0.15, -0.1) is 0 Å². The fraction of sp³-hybridized carbons (Fsp3) is 0.571. The summed E-state index contributed by atoms with van der Waals surface area (Å²) in [5.41, 5.74) is 0.722. The van der Waals surface area contributed by atoms with E-state index < -0.39 is 0 Å². The van der Waals surface area contributed by atoms with Crippen LogP contribution in [0.2, 0.25) is 0 Å². The number of aryl methyl sites for hydroxylation is 2. The number of aromatic nitrogens is 4. The molecule has 2 aromatic heterocycles. The van der Waals surface area contributed by atoms with Crippen molar-refractivity contribution in [2.24, 2.45) is 0 Å². The molecule has 2 atom stereocenters. The molecule has 3 heterocycles. The van der Waals surface area contributed by atoms with Gasteiger partial charge in [0.05, 0.1) is 18.3 Å². The van der Waals surface area contributed by atoms with E-state index in [1.54, 1.807) is 13.0 Å². The Labute approximate surface area is 133 Å². The van der Waals surface area contributed by atoms with Gasteiger partial charge in [-0.1, -0.05) is 5.16 Å². The average Bonchev–Trinajstić information content (AvgIpc) is 3.15. The van der Waals surface area contributed by atoms with Crippen LogP contribution in [-0.2, 0) is 9.53 Å². The Hall–Kier alpha value is -2.26. The zero-order chi connectivity index (χ0) is 16.4. The Morgan fingerprint density at radius 1 is 1.52 bits per heavy atom. The van der Waals surface area contributed by atoms with Crippen molar-refractivity contribution in [3.05, 3.63) is 23.4 Å². The summed E-state index contributed by atoms with van der Waals surface area (Å²) in [6, 6.07) is 1.36. The number of ether oxygens (including phenoxy) is 1. The number of hydrogen-bond acceptors (Lipinski definition) is 7. The Morgan fingerprint density at radius 2 is 2.35 bits per heavy atom. The molecule has 0 saturated carbocycles. The van der Waals surface area contributed by atoms with E-state index in [9.17, 15) is 4.79 Å². The highest BCUT2D eigenvalue weighted by molar-refractivity contribution is 5.93. The van der Waals surface area contributed by atoms with Gasteiger partial charge >= 0.3 is 0 Å². The summed E-state index contributed by atoms with van der Waals surface area (Å²) in [5, 5.41) is 13.4. The predicted octanol–water partition coefficient (Wildman–Crippen LogP) is 0.810. The fourth-order valence-electron chi connectivity index (χ4n) is 2.50. The SMILES string of the molecule is Cc1cc(NC(=O)[C@H](C)N2CCO[C@H](c3n[nH]c(C)n3)C2)on1. The standard InChI is InChI=1S/C14H20N6O3/c1-8-6-12(23-19-8)16-14(21)9(2)20-4-5-22-11(7-20)13-15-10(3)17-18-13/h6,9,11H,4-5,7H2,1-3H3,(H,16,21)(H,15,17,18)/t9-,11-/m0/s1. The van der Waals surface area contributed by atoms with Crippen molar-refractivity contribution in [2.75, 3.05) is 25.0 Å². The van der Waals surface area contributed by atoms with E-state index in [-0.39, 0.29) is 18.1 Å². The number of nitrogens with zero attached hydrogens (tertiary/aromatic N) is 4. The number of morpholine rings is 1. The number of nitrogens with one attached hydrogen (secondary N) is 2. The summed E-state index contributed by atoms with van der Waals surface area (Å²) in [4.78, 5) is 18.7. The van der Waals surface area contributed by atoms with Gasteiger partial charge in [0.25, 0.3) is 0 Å². The first-order valence-electron chi connectivity index (χ1n) is 7.51. The Bertz CT molecular complexity index is 682. The topological polar surface area (TPSA) is 109 Å². The molecule has 1 amide bonds. The molecule has 0 spiro atoms. The van der Waals surface area contributed by atoms with Crippen LogP contribution in [0.5, 0.6) is 0 Å². The minimum absolute atomic E-state index is 0.145. The van der Waals surface area contributed by atoms with Crippen molar-refractivity contribution >= 4 is 11.8 Å². The second-order valence-electron chi connectivity index (χ2n) is 5.63. The Kier molecular flexibility index (Phi) is 4.39. The maximum atomic E-state index is 12.3. The lowest BCUT2D eigenvalue weighted by Crippen LogP contribution is -2.48. The van der Waals surface area contributed by atoms with Crippen molar-refractivity contribution in [2.45, 2.75) is 32.9 Å². The smallest absolute Gasteiger partial charge is 0.243 e. The molecule has 0 radical (unpaired) electrons. The van der Waals surface area contributed by atoms with Crippen LogP contribution in [0.25, 0.3) is 0 Å². The first-order chi connectivity index (χ1) is 11.0. The summed E-state index contributed by atoms with van der Waals surface area (Å²) in [5.74, 6) is 1.57. The van der Waals surface area contributed by atoms with E-state index in [1.807, 2.05) is 18.7 Å². The molecule has 1 saturated heterocycles. The normalized spacial score (nSPS) is 20.4. The molecular formula is C14H20N6O3. The zero-order valence-electron chi connectivity index (χ0n) is 13.4. The molecule has 9 nitrogen and oxygen atoms in total. The third-order valence-corrected chi connectivity index (χ3v) is 3.80. The van der Waals surface area contributed by atoms with E-state index in [0.29, 0.717) is 31.4 Å². The molecule has 0 bridgehead atoms. The Morgan fingerprint density at radius 3 is 3.00 bits per heavy atom. The van der Waals surface area contributed by atoms with Crippen molar-refractivity contribution in [3.8, 4) is 0 Å². The number of amides is 1. The minimum Gasteiger partial charge on any atom is -0.367 e. The van der Waals surface area contributed by atoms with Crippen LogP contribution in [0.3, 0.4) is 0 Å². The van der Waals surface area contributed by atoms with Gasteiger partial charge in [0.1, 0.15) is 11.9 Å². The van der Waals surface area contributed by atoms with Crippen LogP contribution in [0, 0.1) is 13.8 Å². The molecule has 1 aliphatic heterocycles. The van der Waals surface area contributed by atoms with Crippen LogP contribution in [0.1, 0.15) is 30.4 Å². The monoisotopic (exact) mass is 320 g/mol. The number of H-pyrrole nitrogens is 1. The van der Waals surface area contributed by atoms with E-state index in [4.69, 9.17) is 9.26 Å². The molecule has 9 heteroatoms. The van der Waals surface area contributed by atoms with Crippen LogP contribution in [-0.4, -0.2) is 56.9 Å². The number of anilines is 1. The summed E-state index contributed by atoms with van der Waals surface area (Å²) in [6.07, 6.45) is -0.239. The van der Waals surface area contributed by atoms with Crippen molar-refractivity contribution in [3.63, 3.8) is 0 Å². The van der Waals surface area contributed by atoms with Crippen molar-refractivity contribution < 1.29 is 14.1 Å². The molecule has 2 N–H and O–H groups in total. The van der Waals surface area contributed by atoms with Crippen molar-refractivity contribution in [1.29, 1.82) is 0 Å². The highest BCUT2D eigenvalue weighted by Crippen LogP contribution is 2.21. The highest BCUT2D eigenvalue weighted by atomic mass is 16.5. The van der Waals surface area contributed by atoms with Gasteiger partial charge in [-0.3, -0.25) is 20.1 Å². The van der Waals surface area contributed by atoms with E-state index in [2.05, 4.69) is 25.7 Å². The van der Waals surface area contributed by atoms with Gasteiger partial charge in [-0.2, -0.15) is 5.10 Å². The van der Waals surface area contributed by atoms with Gasteiger partial charge in [-0.25, -0.2) is 4.98 Å². The average molecular weight is 320 g/mol. The van der Waals surface area contributed by atoms with Crippen LogP contribution < -0.4 is 5.32 Å². The third kappa shape index (κ3) is 3.57. The minimum atomic E-state index is -0.327. The lowest BCUT2D eigenvalue weighted by Gasteiger charge is -2.34. The van der Waals surface area contributed by atoms with Gasteiger partial charge in [-0.05, 0) is 20.8 Å². The number of aromatic amines is 1. The quantitative estimate of drug-likeness (QED) is 0.858. The van der Waals surface area contributed by atoms with Gasteiger partial charge in [0.15, 0.2) is 5.82 Å². The predicted molar refractivity (Wildman–Crippen MR) is 80.7 cm³/mol. The molecule has 0 unspecified atom stereocenters. The van der Waals surface area contributed by atoms with E-state index in [0.717, 1.165) is 11.5 Å². The van der Waals surface area contributed by atoms with Gasteiger partial charge < -0.3 is 9.26 Å². The summed E-state index contributed by atoms with van der Waals surface area (Å²) in [7, 11) is 0. The second kappa shape index (κ2) is 6.47. The second-order valence-corrected chi connectivity index (χ2v) is 5.63. The fourth-order valence-corrected chi connectivity index (χ4v) is 2.50. The van der Waals surface area contributed by atoms with E-state index >= 15 is 0 Å². The number of carbonyl (C=O) groups excluding carboxylic acids is 1. The molecular weight excluding hydrogens is 300 g/mol. The zero-order valence-corrected chi connectivity index (χ0v) is 13.4. The van der Waals surface area contributed by atoms with E-state index in [1.165, 1.54) is 0 Å². The maximum absolute atomic E-state index is 12.3. The Balaban J connectivity index is 1.62. The van der Waals surface area contributed by atoms with Gasteiger partial charge in [0, 0.05) is 19.2 Å². The first-order valence-corrected chi connectivity index (χ1v) is 7.51. The van der Waals surface area contributed by atoms with Crippen LogP contribution in [0.15, 0.2) is 10.6 Å². The highest BCUT2D eigenvalue weighted by Gasteiger charge is 2.30. The largest absolute Gasteiger partial charge is 0.367 e. The number of hydrogen-bond donors (Lipinski definition) is 2. The van der Waals surface area contributed by atoms with Gasteiger partial charge in [0.2, 0.25) is 11.8 Å². The summed E-state index contributed by atoms with van der Waals surface area (Å²) in [6.45, 7) is 7.24.